The maximum Gasteiger partial charge on any atom is 0.294 e. The highest BCUT2D eigenvalue weighted by molar-refractivity contribution is 7.16. The molecule has 2 saturated heterocycles. The van der Waals surface area contributed by atoms with Gasteiger partial charge in [-0.3, -0.25) is 4.90 Å². The van der Waals surface area contributed by atoms with Crippen molar-refractivity contribution in [2.75, 3.05) is 7.05 Å². The average molecular weight is 472 g/mol. The first-order chi connectivity index (χ1) is 15.4. The van der Waals surface area contributed by atoms with Gasteiger partial charge in [0.1, 0.15) is 11.9 Å². The van der Waals surface area contributed by atoms with Crippen molar-refractivity contribution in [1.29, 1.82) is 0 Å². The Kier molecular flexibility index (Phi) is 4.89. The lowest BCUT2D eigenvalue weighted by Gasteiger charge is -2.52. The molecule has 4 unspecified atom stereocenters. The molecule has 33 heavy (non-hydrogen) atoms. The lowest BCUT2D eigenvalue weighted by atomic mass is 9.72. The lowest BCUT2D eigenvalue weighted by Crippen LogP contribution is -2.65. The summed E-state index contributed by atoms with van der Waals surface area (Å²) in [5, 5.41) is 24.2. The Morgan fingerprint density at radius 1 is 1.18 bits per heavy atom. The second kappa shape index (κ2) is 7.24. The number of ether oxygens (including phenoxy) is 1. The van der Waals surface area contributed by atoms with Crippen LogP contribution < -0.4 is 4.74 Å². The van der Waals surface area contributed by atoms with Gasteiger partial charge in [-0.25, -0.2) is 9.07 Å². The van der Waals surface area contributed by atoms with Crippen LogP contribution >= 0.6 is 11.3 Å². The van der Waals surface area contributed by atoms with E-state index in [0.29, 0.717) is 22.2 Å². The molecule has 4 atom stereocenters. The third kappa shape index (κ3) is 3.27. The first-order valence-corrected chi connectivity index (χ1v) is 12.0. The number of aromatic hydroxyl groups is 1. The van der Waals surface area contributed by atoms with Gasteiger partial charge in [0, 0.05) is 24.2 Å². The molecule has 176 valence electrons. The number of aromatic nitrogens is 4. The number of hydrogen-bond acceptors (Lipinski definition) is 7. The number of fused-ring (bicyclic) bond motifs is 2. The van der Waals surface area contributed by atoms with Crippen molar-refractivity contribution in [3.8, 4) is 27.2 Å². The highest BCUT2D eigenvalue weighted by Gasteiger charge is 2.67. The summed E-state index contributed by atoms with van der Waals surface area (Å²) in [5.41, 5.74) is 1.39. The second-order valence-corrected chi connectivity index (χ2v) is 11.4. The second-order valence-electron chi connectivity index (χ2n) is 10.5. The highest BCUT2D eigenvalue weighted by Crippen LogP contribution is 2.60. The van der Waals surface area contributed by atoms with Gasteiger partial charge in [-0.05, 0) is 57.9 Å². The van der Waals surface area contributed by atoms with Crippen LogP contribution in [0.5, 0.6) is 10.9 Å². The summed E-state index contributed by atoms with van der Waals surface area (Å²) >= 11 is 1.22. The van der Waals surface area contributed by atoms with E-state index in [1.807, 2.05) is 39.2 Å². The Bertz CT molecular complexity index is 1210. The van der Waals surface area contributed by atoms with E-state index in [1.54, 1.807) is 16.8 Å². The zero-order valence-corrected chi connectivity index (χ0v) is 20.6. The summed E-state index contributed by atoms with van der Waals surface area (Å²) < 4.78 is 23.5. The Morgan fingerprint density at radius 2 is 1.94 bits per heavy atom. The van der Waals surface area contributed by atoms with Crippen LogP contribution in [0.15, 0.2) is 30.5 Å². The Balaban J connectivity index is 1.38. The number of nitrogens with zero attached hydrogens (tertiary/aromatic N) is 5. The van der Waals surface area contributed by atoms with Gasteiger partial charge in [-0.1, -0.05) is 30.3 Å². The van der Waals surface area contributed by atoms with Crippen LogP contribution in [0, 0.1) is 12.3 Å². The molecule has 2 bridgehead atoms. The van der Waals surface area contributed by atoms with E-state index in [-0.39, 0.29) is 16.7 Å². The Hall–Kier alpha value is -2.52. The lowest BCUT2D eigenvalue weighted by molar-refractivity contribution is -0.0976. The monoisotopic (exact) mass is 471 g/mol. The maximum atomic E-state index is 15.7. The highest BCUT2D eigenvalue weighted by atomic mass is 32.1. The van der Waals surface area contributed by atoms with Gasteiger partial charge < -0.3 is 9.84 Å². The molecule has 2 aliphatic rings. The zero-order valence-electron chi connectivity index (χ0n) is 19.8. The smallest absolute Gasteiger partial charge is 0.294 e. The minimum absolute atomic E-state index is 0.0358. The van der Waals surface area contributed by atoms with Crippen molar-refractivity contribution in [2.24, 2.45) is 5.41 Å². The van der Waals surface area contributed by atoms with Crippen molar-refractivity contribution >= 4 is 11.3 Å². The molecule has 5 rings (SSSR count). The summed E-state index contributed by atoms with van der Waals surface area (Å²) in [6, 6.07) is 7.18. The van der Waals surface area contributed by atoms with Gasteiger partial charge in [0.05, 0.1) is 22.5 Å². The van der Waals surface area contributed by atoms with Crippen LogP contribution in [-0.4, -0.2) is 60.4 Å². The molecule has 0 saturated carbocycles. The minimum atomic E-state index is -1.14. The molecule has 2 aromatic heterocycles. The molecule has 2 fully saturated rings. The molecule has 2 aliphatic heterocycles. The Labute approximate surface area is 197 Å². The van der Waals surface area contributed by atoms with Crippen molar-refractivity contribution in [2.45, 2.75) is 70.8 Å². The summed E-state index contributed by atoms with van der Waals surface area (Å²) in [7, 11) is 2.03. The largest absolute Gasteiger partial charge is 0.507 e. The van der Waals surface area contributed by atoms with Gasteiger partial charge in [0.25, 0.3) is 5.19 Å². The molecule has 0 aliphatic carbocycles. The first kappa shape index (κ1) is 22.3. The minimum Gasteiger partial charge on any atom is -0.507 e. The molecule has 1 aromatic carbocycles. The van der Waals surface area contributed by atoms with Crippen LogP contribution in [-0.2, 0) is 0 Å². The molecule has 4 heterocycles. The van der Waals surface area contributed by atoms with Gasteiger partial charge in [-0.2, -0.15) is 5.10 Å². The predicted octanol–water partition coefficient (Wildman–Crippen LogP) is 4.77. The SMILES string of the molecule is Cc1ccn(-c2ccc(-c3nnc(OC4CC5(C)N(C)C(C)(CC5(C)C)C4F)s3)c(O)c2)n1. The van der Waals surface area contributed by atoms with E-state index < -0.39 is 17.8 Å². The fourth-order valence-electron chi connectivity index (χ4n) is 5.81. The predicted molar refractivity (Wildman–Crippen MR) is 126 cm³/mol. The molecule has 7 nitrogen and oxygen atoms in total. The van der Waals surface area contributed by atoms with Crippen LogP contribution in [0.3, 0.4) is 0 Å². The number of alkyl halides is 1. The van der Waals surface area contributed by atoms with Crippen LogP contribution in [0.2, 0.25) is 0 Å². The zero-order chi connectivity index (χ0) is 23.8. The summed E-state index contributed by atoms with van der Waals surface area (Å²) in [4.78, 5) is 2.21. The molecule has 9 heteroatoms. The molecular weight excluding hydrogens is 441 g/mol. The number of benzene rings is 1. The summed E-state index contributed by atoms with van der Waals surface area (Å²) in [6.45, 7) is 10.5. The molecular formula is C24H30FN5O2S. The fourth-order valence-corrected chi connectivity index (χ4v) is 6.60. The normalized spacial score (nSPS) is 31.1. The van der Waals surface area contributed by atoms with E-state index in [2.05, 4.69) is 41.0 Å². The molecule has 3 aromatic rings. The fraction of sp³-hybridized carbons (Fsp3) is 0.542. The molecule has 0 spiro atoms. The van der Waals surface area contributed by atoms with E-state index >= 15 is 4.39 Å². The van der Waals surface area contributed by atoms with Gasteiger partial charge in [-0.15, -0.1) is 5.10 Å². The number of piperidine rings is 1. The average Bonchev–Trinajstić information content (AvgIpc) is 3.41. The number of aryl methyl sites for hydroxylation is 1. The van der Waals surface area contributed by atoms with E-state index in [4.69, 9.17) is 4.74 Å². The quantitative estimate of drug-likeness (QED) is 0.591. The summed E-state index contributed by atoms with van der Waals surface area (Å²) in [5.74, 6) is 0.0748. The molecule has 1 N–H and O–H groups in total. The van der Waals surface area contributed by atoms with E-state index in [1.165, 1.54) is 11.3 Å². The maximum absolute atomic E-state index is 15.7. The van der Waals surface area contributed by atoms with Crippen molar-refractivity contribution < 1.29 is 14.2 Å². The standard InChI is InChI=1S/C24H30FN5O2S/c1-14-9-10-30(28-14)15-7-8-16(17(31)11-15)20-26-27-21(33-20)32-18-12-24(5)22(2,3)13-23(4,19(18)25)29(24)6/h7-11,18-19,31H,12-13H2,1-6H3. The van der Waals surface area contributed by atoms with Gasteiger partial charge in [0.2, 0.25) is 0 Å². The number of hydrogen-bond donors (Lipinski definition) is 1. The van der Waals surface area contributed by atoms with Gasteiger partial charge >= 0.3 is 0 Å². The van der Waals surface area contributed by atoms with Crippen molar-refractivity contribution in [3.05, 3.63) is 36.2 Å². The third-order valence-electron chi connectivity index (χ3n) is 8.14. The number of rotatable bonds is 4. The van der Waals surface area contributed by atoms with Crippen molar-refractivity contribution in [3.63, 3.8) is 0 Å². The first-order valence-electron chi connectivity index (χ1n) is 11.2. The number of phenols is 1. The Morgan fingerprint density at radius 3 is 2.61 bits per heavy atom. The van der Waals surface area contributed by atoms with Gasteiger partial charge in [0.15, 0.2) is 11.2 Å². The molecule has 0 amide bonds. The van der Waals surface area contributed by atoms with Crippen molar-refractivity contribution in [1.82, 2.24) is 24.9 Å². The van der Waals surface area contributed by atoms with Crippen LogP contribution in [0.4, 0.5) is 4.39 Å². The van der Waals surface area contributed by atoms with E-state index in [9.17, 15) is 5.11 Å². The summed E-state index contributed by atoms with van der Waals surface area (Å²) in [6.07, 6.45) is 1.44. The third-order valence-corrected chi connectivity index (χ3v) is 8.99. The van der Waals surface area contributed by atoms with Crippen LogP contribution in [0.1, 0.15) is 46.2 Å². The van der Waals surface area contributed by atoms with Crippen LogP contribution in [0.25, 0.3) is 16.3 Å². The number of phenolic OH excluding ortho intramolecular Hbond substituents is 1. The van der Waals surface area contributed by atoms with E-state index in [0.717, 1.165) is 17.8 Å². The molecule has 0 radical (unpaired) electrons. The number of halogens is 1. The topological polar surface area (TPSA) is 76.3 Å².